The Labute approximate surface area is 215 Å². The number of rotatable bonds is 27. The van der Waals surface area contributed by atoms with Crippen LogP contribution in [0.1, 0.15) is 174 Å². The first-order valence-corrected chi connectivity index (χ1v) is 15.7. The van der Waals surface area contributed by atoms with Gasteiger partial charge in [-0.15, -0.1) is 0 Å². The van der Waals surface area contributed by atoms with Crippen molar-refractivity contribution in [2.45, 2.75) is 174 Å². The van der Waals surface area contributed by atoms with Gasteiger partial charge in [0, 0.05) is 6.20 Å². The van der Waals surface area contributed by atoms with Crippen LogP contribution < -0.4 is 5.32 Å². The molecule has 0 aromatic heterocycles. The predicted molar refractivity (Wildman–Crippen MR) is 154 cm³/mol. The number of allylic oxidation sites excluding steroid dienone is 4. The molecule has 0 amide bonds. The Morgan fingerprint density at radius 3 is 1.18 bits per heavy atom. The summed E-state index contributed by atoms with van der Waals surface area (Å²) in [5, 5.41) is 4.26. The van der Waals surface area contributed by atoms with Crippen molar-refractivity contribution in [3.63, 3.8) is 0 Å². The van der Waals surface area contributed by atoms with Crippen LogP contribution in [0.5, 0.6) is 0 Å². The van der Waals surface area contributed by atoms with Crippen LogP contribution >= 0.6 is 0 Å². The summed E-state index contributed by atoms with van der Waals surface area (Å²) in [6, 6.07) is 0. The Hall–Kier alpha value is -0.980. The summed E-state index contributed by atoms with van der Waals surface area (Å²) in [4.78, 5) is 0. The largest absolute Gasteiger partial charge is 0.257 e. The average molecular weight is 471 g/mol. The highest BCUT2D eigenvalue weighted by Gasteiger charge is 1.97. The van der Waals surface area contributed by atoms with Crippen molar-refractivity contribution in [3.05, 3.63) is 36.2 Å². The summed E-state index contributed by atoms with van der Waals surface area (Å²) < 4.78 is 0. The maximum atomic E-state index is 4.26. The van der Waals surface area contributed by atoms with Gasteiger partial charge in [-0.1, -0.05) is 167 Å². The molecule has 1 aliphatic rings. The van der Waals surface area contributed by atoms with Crippen LogP contribution in [-0.4, -0.2) is 0 Å². The van der Waals surface area contributed by atoms with E-state index in [1.54, 1.807) is 0 Å². The third kappa shape index (κ3) is 22.8. The Morgan fingerprint density at radius 1 is 0.500 bits per heavy atom. The van der Waals surface area contributed by atoms with Gasteiger partial charge in [-0.05, 0) is 31.1 Å². The first-order valence-electron chi connectivity index (χ1n) is 15.7. The minimum absolute atomic E-state index is 1.10. The lowest BCUT2D eigenvalue weighted by Crippen LogP contribution is -1.86. The zero-order valence-corrected chi connectivity index (χ0v) is 23.2. The molecule has 0 N–H and O–H groups in total. The number of nitrogens with zero attached hydrogens (tertiary/aromatic N) is 1. The fourth-order valence-electron chi connectivity index (χ4n) is 5.02. The van der Waals surface area contributed by atoms with Crippen LogP contribution in [0.3, 0.4) is 0 Å². The lowest BCUT2D eigenvalue weighted by Gasteiger charge is -2.04. The van der Waals surface area contributed by atoms with Crippen molar-refractivity contribution in [3.8, 4) is 0 Å². The molecule has 0 saturated heterocycles. The van der Waals surface area contributed by atoms with E-state index in [2.05, 4.69) is 30.5 Å². The average Bonchev–Trinajstić information content (AvgIpc) is 3.37. The number of unbranched alkanes of at least 4 members (excludes halogenated alkanes) is 25. The van der Waals surface area contributed by atoms with Crippen LogP contribution in [0.15, 0.2) is 36.2 Å². The van der Waals surface area contributed by atoms with E-state index in [1.807, 2.05) is 12.3 Å². The van der Waals surface area contributed by atoms with Crippen molar-refractivity contribution in [2.75, 3.05) is 0 Å². The maximum absolute atomic E-state index is 4.26. The van der Waals surface area contributed by atoms with E-state index >= 15 is 0 Å². The molecule has 0 saturated carbocycles. The van der Waals surface area contributed by atoms with E-state index in [0.29, 0.717) is 0 Å². The van der Waals surface area contributed by atoms with Gasteiger partial charge >= 0.3 is 0 Å². The van der Waals surface area contributed by atoms with Gasteiger partial charge in [-0.3, -0.25) is 5.32 Å². The second-order valence-corrected chi connectivity index (χ2v) is 10.7. The molecule has 1 heterocycles. The topological polar surface area (TPSA) is 14.1 Å². The molecule has 1 rings (SSSR count). The van der Waals surface area contributed by atoms with E-state index in [-0.39, 0.29) is 0 Å². The monoisotopic (exact) mass is 470 g/mol. The fourth-order valence-corrected chi connectivity index (χ4v) is 5.02. The smallest absolute Gasteiger partial charge is 0.0626 e. The van der Waals surface area contributed by atoms with Crippen molar-refractivity contribution < 1.29 is 0 Å². The molecule has 0 aromatic rings. The van der Waals surface area contributed by atoms with Gasteiger partial charge in [-0.25, -0.2) is 0 Å². The zero-order chi connectivity index (χ0) is 24.2. The summed E-state index contributed by atoms with van der Waals surface area (Å²) in [5.41, 5.74) is 1.10. The highest BCUT2D eigenvalue weighted by Crippen LogP contribution is 2.16. The van der Waals surface area contributed by atoms with E-state index < -0.39 is 0 Å². The second kappa shape index (κ2) is 26.6. The van der Waals surface area contributed by atoms with E-state index in [4.69, 9.17) is 0 Å². The van der Waals surface area contributed by atoms with Crippen molar-refractivity contribution in [2.24, 2.45) is 0 Å². The van der Waals surface area contributed by atoms with Gasteiger partial charge in [0.05, 0.1) is 5.70 Å². The molecule has 1 nitrogen and oxygen atoms in total. The quantitative estimate of drug-likeness (QED) is 0.106. The molecule has 0 spiro atoms. The third-order valence-electron chi connectivity index (χ3n) is 7.34. The number of hydrogen-bond acceptors (Lipinski definition) is 0. The van der Waals surface area contributed by atoms with Crippen molar-refractivity contribution >= 4 is 0 Å². The lowest BCUT2D eigenvalue weighted by molar-refractivity contribution is 0.516. The molecule has 0 unspecified atom stereocenters. The lowest BCUT2D eigenvalue weighted by atomic mass is 10.0. The van der Waals surface area contributed by atoms with Crippen LogP contribution in [0.4, 0.5) is 0 Å². The Balaban J connectivity index is 1.63. The van der Waals surface area contributed by atoms with Gasteiger partial charge in [0.2, 0.25) is 0 Å². The van der Waals surface area contributed by atoms with Crippen LogP contribution in [0.2, 0.25) is 0 Å². The normalized spacial score (nSPS) is 13.1. The molecule has 1 aliphatic heterocycles. The first-order chi connectivity index (χ1) is 16.9. The van der Waals surface area contributed by atoms with Gasteiger partial charge in [0.1, 0.15) is 0 Å². The Morgan fingerprint density at radius 2 is 0.853 bits per heavy atom. The highest BCUT2D eigenvalue weighted by molar-refractivity contribution is 5.28. The van der Waals surface area contributed by atoms with Gasteiger partial charge in [-0.2, -0.15) is 0 Å². The molecule has 197 valence electrons. The minimum atomic E-state index is 1.10. The molecular weight excluding hydrogens is 410 g/mol. The van der Waals surface area contributed by atoms with E-state index in [9.17, 15) is 0 Å². The van der Waals surface area contributed by atoms with Crippen LogP contribution in [0.25, 0.3) is 0 Å². The molecule has 0 bridgehead atoms. The van der Waals surface area contributed by atoms with Gasteiger partial charge < -0.3 is 0 Å². The fraction of sp³-hybridized carbons (Fsp3) is 0.818. The summed E-state index contributed by atoms with van der Waals surface area (Å²) in [7, 11) is 0. The SMILES string of the molecule is CCCCCCCCCCCCCCCCCCCCCCCCCCC/C=C/C1=CC=C[N]1. The summed E-state index contributed by atoms with van der Waals surface area (Å²) >= 11 is 0. The second-order valence-electron chi connectivity index (χ2n) is 10.7. The summed E-state index contributed by atoms with van der Waals surface area (Å²) in [6.45, 7) is 2.30. The molecule has 34 heavy (non-hydrogen) atoms. The highest BCUT2D eigenvalue weighted by atomic mass is 14.9. The molecular formula is C33H60N. The number of hydrogen-bond donors (Lipinski definition) is 0. The summed E-state index contributed by atoms with van der Waals surface area (Å²) in [5.74, 6) is 0. The Bertz CT molecular complexity index is 487. The molecule has 0 fully saturated rings. The van der Waals surface area contributed by atoms with Gasteiger partial charge in [0.25, 0.3) is 0 Å². The molecule has 1 heteroatoms. The van der Waals surface area contributed by atoms with Crippen molar-refractivity contribution in [1.82, 2.24) is 5.32 Å². The molecule has 0 aromatic carbocycles. The first kappa shape index (κ1) is 31.1. The predicted octanol–water partition coefficient (Wildman–Crippen LogP) is 11.7. The molecule has 0 atom stereocenters. The van der Waals surface area contributed by atoms with Gasteiger partial charge in [0.15, 0.2) is 0 Å². The van der Waals surface area contributed by atoms with Crippen molar-refractivity contribution in [1.29, 1.82) is 0 Å². The van der Waals surface area contributed by atoms with E-state index in [1.165, 1.54) is 167 Å². The summed E-state index contributed by atoms with van der Waals surface area (Å²) in [6.07, 6.45) is 48.0. The van der Waals surface area contributed by atoms with Crippen LogP contribution in [-0.2, 0) is 0 Å². The maximum Gasteiger partial charge on any atom is 0.0626 e. The van der Waals surface area contributed by atoms with E-state index in [0.717, 1.165) is 5.70 Å². The zero-order valence-electron chi connectivity index (χ0n) is 23.2. The minimum Gasteiger partial charge on any atom is -0.257 e. The standard InChI is InChI=1S/C33H60N/c1-2-3-4-5-6-7-8-9-10-11-12-13-14-15-16-17-18-19-20-21-22-23-24-25-26-27-28-30-33-31-29-32-34-33/h28-32H,2-27H2,1H3/b30-28+. The third-order valence-corrected chi connectivity index (χ3v) is 7.34. The molecule has 1 radical (unpaired) electrons. The molecule has 0 aliphatic carbocycles. The van der Waals surface area contributed by atoms with Crippen LogP contribution in [0, 0.1) is 0 Å². The Kier molecular flexibility index (Phi) is 24.3.